The van der Waals surface area contributed by atoms with Gasteiger partial charge in [-0.2, -0.15) is 5.10 Å². The number of rotatable bonds is 6. The zero-order valence-electron chi connectivity index (χ0n) is 16.4. The van der Waals surface area contributed by atoms with Crippen LogP contribution in [0.25, 0.3) is 5.82 Å². The van der Waals surface area contributed by atoms with Gasteiger partial charge in [0.1, 0.15) is 11.5 Å². The van der Waals surface area contributed by atoms with Crippen LogP contribution < -0.4 is 5.56 Å². The molecule has 3 aromatic heterocycles. The molecule has 0 aromatic carbocycles. The van der Waals surface area contributed by atoms with Crippen LogP contribution in [0.5, 0.6) is 0 Å². The van der Waals surface area contributed by atoms with Crippen molar-refractivity contribution >= 4 is 0 Å². The van der Waals surface area contributed by atoms with Crippen molar-refractivity contribution in [2.75, 3.05) is 32.7 Å². The van der Waals surface area contributed by atoms with Gasteiger partial charge in [0.05, 0.1) is 6.54 Å². The first kappa shape index (κ1) is 18.3. The van der Waals surface area contributed by atoms with Crippen LogP contribution in [0.1, 0.15) is 23.4 Å². The second-order valence-electron chi connectivity index (χ2n) is 7.71. The summed E-state index contributed by atoms with van der Waals surface area (Å²) in [7, 11) is 0. The summed E-state index contributed by atoms with van der Waals surface area (Å²) in [5.74, 6) is 1.74. The Morgan fingerprint density at radius 3 is 2.72 bits per heavy atom. The molecular formula is C20H25N7O2. The third-order valence-electron chi connectivity index (χ3n) is 5.84. The lowest BCUT2D eigenvalue weighted by Crippen LogP contribution is -2.47. The van der Waals surface area contributed by atoms with Gasteiger partial charge in [0.25, 0.3) is 5.56 Å². The quantitative estimate of drug-likeness (QED) is 0.608. The topological polar surface area (TPSA) is 85.2 Å². The number of hydrogen-bond acceptors (Lipinski definition) is 7. The van der Waals surface area contributed by atoms with Crippen molar-refractivity contribution in [1.29, 1.82) is 0 Å². The number of piperazine rings is 1. The number of fused-ring (bicyclic) bond motifs is 1. The van der Waals surface area contributed by atoms with Crippen LogP contribution in [0.4, 0.5) is 0 Å². The van der Waals surface area contributed by atoms with Crippen LogP contribution in [-0.4, -0.2) is 67.2 Å². The Morgan fingerprint density at radius 1 is 1.03 bits per heavy atom. The highest BCUT2D eigenvalue weighted by Crippen LogP contribution is 2.26. The third-order valence-corrected chi connectivity index (χ3v) is 5.84. The molecule has 2 aliphatic rings. The summed E-state index contributed by atoms with van der Waals surface area (Å²) in [5, 5.41) is 12.9. The minimum atomic E-state index is -0.0839. The van der Waals surface area contributed by atoms with Crippen molar-refractivity contribution in [2.45, 2.75) is 32.4 Å². The van der Waals surface area contributed by atoms with Gasteiger partial charge in [0, 0.05) is 69.7 Å². The molecule has 0 saturated carbocycles. The van der Waals surface area contributed by atoms with Crippen LogP contribution in [0, 0.1) is 0 Å². The fraction of sp³-hybridized carbons (Fsp3) is 0.500. The van der Waals surface area contributed by atoms with Gasteiger partial charge in [-0.25, -0.2) is 9.36 Å². The Labute approximate surface area is 168 Å². The van der Waals surface area contributed by atoms with Crippen LogP contribution in [0.15, 0.2) is 39.9 Å². The van der Waals surface area contributed by atoms with E-state index in [1.807, 2.05) is 12.3 Å². The third kappa shape index (κ3) is 3.88. The van der Waals surface area contributed by atoms with E-state index < -0.39 is 0 Å². The summed E-state index contributed by atoms with van der Waals surface area (Å²) in [6.07, 6.45) is 6.84. The molecule has 4 heterocycles. The highest BCUT2D eigenvalue weighted by atomic mass is 16.5. The normalized spacial score (nSPS) is 17.7. The maximum absolute atomic E-state index is 12.2. The van der Waals surface area contributed by atoms with Gasteiger partial charge in [-0.05, 0) is 25.0 Å². The van der Waals surface area contributed by atoms with E-state index in [2.05, 4.69) is 25.2 Å². The Hall–Kier alpha value is -2.78. The fourth-order valence-electron chi connectivity index (χ4n) is 4.16. The molecule has 1 saturated heterocycles. The number of nitrogens with zero attached hydrogens (tertiary/aromatic N) is 7. The summed E-state index contributed by atoms with van der Waals surface area (Å²) >= 11 is 0. The molecule has 0 bridgehead atoms. The Morgan fingerprint density at radius 2 is 1.90 bits per heavy atom. The Kier molecular flexibility index (Phi) is 4.99. The van der Waals surface area contributed by atoms with Gasteiger partial charge in [0.15, 0.2) is 5.82 Å². The molecule has 3 aromatic rings. The van der Waals surface area contributed by atoms with Crippen molar-refractivity contribution in [3.63, 3.8) is 0 Å². The lowest BCUT2D eigenvalue weighted by molar-refractivity contribution is 0.120. The van der Waals surface area contributed by atoms with Gasteiger partial charge >= 0.3 is 0 Å². The van der Waals surface area contributed by atoms with Crippen LogP contribution in [0.2, 0.25) is 0 Å². The molecule has 5 rings (SSSR count). The first-order valence-electron chi connectivity index (χ1n) is 10.3. The van der Waals surface area contributed by atoms with Crippen molar-refractivity contribution in [2.24, 2.45) is 0 Å². The Bertz CT molecular complexity index is 1020. The van der Waals surface area contributed by atoms with Gasteiger partial charge < -0.3 is 4.52 Å². The molecule has 0 atom stereocenters. The Balaban J connectivity index is 1.14. The van der Waals surface area contributed by atoms with Gasteiger partial charge in [-0.3, -0.25) is 14.6 Å². The molecule has 0 amide bonds. The highest BCUT2D eigenvalue weighted by Gasteiger charge is 2.24. The fourth-order valence-corrected chi connectivity index (χ4v) is 4.16. The first-order valence-corrected chi connectivity index (χ1v) is 10.3. The predicted molar refractivity (Wildman–Crippen MR) is 106 cm³/mol. The summed E-state index contributed by atoms with van der Waals surface area (Å²) in [4.78, 5) is 17.0. The van der Waals surface area contributed by atoms with E-state index in [0.717, 1.165) is 63.6 Å². The summed E-state index contributed by atoms with van der Waals surface area (Å²) in [5.41, 5.74) is 2.38. The number of aromatic nitrogens is 5. The van der Waals surface area contributed by atoms with Crippen molar-refractivity contribution in [3.05, 3.63) is 58.0 Å². The molecule has 0 spiro atoms. The SMILES string of the molecule is O=c1ccc(-n2cccn2)nn1CCN1CCN(Cc2noc3c2CCC3)CC1. The smallest absolute Gasteiger partial charge is 0.266 e. The lowest BCUT2D eigenvalue weighted by Gasteiger charge is -2.34. The van der Waals surface area contributed by atoms with Crippen LogP contribution in [0.3, 0.4) is 0 Å². The van der Waals surface area contributed by atoms with E-state index in [9.17, 15) is 4.79 Å². The maximum atomic E-state index is 12.2. The average molecular weight is 395 g/mol. The molecule has 29 heavy (non-hydrogen) atoms. The minimum Gasteiger partial charge on any atom is -0.361 e. The summed E-state index contributed by atoms with van der Waals surface area (Å²) < 4.78 is 8.66. The molecule has 1 fully saturated rings. The van der Waals surface area contributed by atoms with Gasteiger partial charge in [-0.15, -0.1) is 5.10 Å². The maximum Gasteiger partial charge on any atom is 0.266 e. The van der Waals surface area contributed by atoms with Crippen LogP contribution in [-0.2, 0) is 25.9 Å². The molecular weight excluding hydrogens is 370 g/mol. The second-order valence-corrected chi connectivity index (χ2v) is 7.71. The molecule has 1 aliphatic heterocycles. The molecule has 0 N–H and O–H groups in total. The van der Waals surface area contributed by atoms with Crippen molar-refractivity contribution in [1.82, 2.24) is 34.5 Å². The van der Waals surface area contributed by atoms with Gasteiger partial charge in [-0.1, -0.05) is 5.16 Å². The molecule has 0 radical (unpaired) electrons. The largest absolute Gasteiger partial charge is 0.361 e. The van der Waals surface area contributed by atoms with Gasteiger partial charge in [0.2, 0.25) is 0 Å². The van der Waals surface area contributed by atoms with E-state index in [1.54, 1.807) is 23.0 Å². The molecule has 152 valence electrons. The van der Waals surface area contributed by atoms with E-state index in [-0.39, 0.29) is 5.56 Å². The van der Waals surface area contributed by atoms with E-state index >= 15 is 0 Å². The summed E-state index contributed by atoms with van der Waals surface area (Å²) in [6, 6.07) is 5.09. The zero-order chi connectivity index (χ0) is 19.6. The summed E-state index contributed by atoms with van der Waals surface area (Å²) in [6.45, 7) is 6.21. The van der Waals surface area contributed by atoms with Crippen LogP contribution >= 0.6 is 0 Å². The lowest BCUT2D eigenvalue weighted by atomic mass is 10.2. The monoisotopic (exact) mass is 395 g/mol. The standard InChI is InChI=1S/C20H25N7O2/c28-20-6-5-19(26-8-2-7-21-26)22-27(20)14-13-24-9-11-25(12-10-24)15-17-16-3-1-4-18(16)29-23-17/h2,5-8H,1,3-4,9-15H2. The van der Waals surface area contributed by atoms with Crippen molar-refractivity contribution in [3.8, 4) is 5.82 Å². The minimum absolute atomic E-state index is 0.0839. The van der Waals surface area contributed by atoms with E-state index in [4.69, 9.17) is 4.52 Å². The predicted octanol–water partition coefficient (Wildman–Crippen LogP) is 0.724. The number of aryl methyl sites for hydroxylation is 1. The van der Waals surface area contributed by atoms with Crippen molar-refractivity contribution < 1.29 is 4.52 Å². The average Bonchev–Trinajstić information content (AvgIpc) is 3.48. The molecule has 9 nitrogen and oxygen atoms in total. The molecule has 0 unspecified atom stereocenters. The second kappa shape index (κ2) is 7.92. The molecule has 9 heteroatoms. The first-order chi connectivity index (χ1) is 14.3. The van der Waals surface area contributed by atoms with E-state index in [0.29, 0.717) is 12.4 Å². The molecule has 1 aliphatic carbocycles. The highest BCUT2D eigenvalue weighted by molar-refractivity contribution is 5.27. The number of hydrogen-bond donors (Lipinski definition) is 0. The van der Waals surface area contributed by atoms with E-state index in [1.165, 1.54) is 16.7 Å². The zero-order valence-corrected chi connectivity index (χ0v) is 16.4.